The Labute approximate surface area is 136 Å². The van der Waals surface area contributed by atoms with Crippen LogP contribution in [0.15, 0.2) is 36.5 Å². The van der Waals surface area contributed by atoms with Crippen molar-refractivity contribution >= 4 is 17.4 Å². The van der Waals surface area contributed by atoms with Gasteiger partial charge in [0.25, 0.3) is 11.6 Å². The van der Waals surface area contributed by atoms with E-state index in [1.807, 2.05) is 0 Å². The van der Waals surface area contributed by atoms with Crippen LogP contribution in [0.3, 0.4) is 0 Å². The van der Waals surface area contributed by atoms with Crippen molar-refractivity contribution in [2.24, 2.45) is 5.73 Å². The van der Waals surface area contributed by atoms with E-state index in [4.69, 9.17) is 5.73 Å². The number of hydrogen-bond acceptors (Lipinski definition) is 5. The highest BCUT2D eigenvalue weighted by molar-refractivity contribution is 5.98. The van der Waals surface area contributed by atoms with Crippen LogP contribution in [0.2, 0.25) is 0 Å². The summed E-state index contributed by atoms with van der Waals surface area (Å²) in [6.45, 7) is 0.360. The zero-order chi connectivity index (χ0) is 17.3. The molecule has 1 saturated carbocycles. The summed E-state index contributed by atoms with van der Waals surface area (Å²) < 4.78 is 14.0. The van der Waals surface area contributed by atoms with E-state index in [0.717, 1.165) is 25.1 Å². The van der Waals surface area contributed by atoms with Gasteiger partial charge >= 0.3 is 0 Å². The molecule has 0 atom stereocenters. The van der Waals surface area contributed by atoms with Crippen LogP contribution in [0.25, 0.3) is 0 Å². The fraction of sp³-hybridized carbons (Fsp3) is 0.250. The number of primary amides is 1. The number of nitro groups is 1. The summed E-state index contributed by atoms with van der Waals surface area (Å²) in [4.78, 5) is 25.6. The SMILES string of the molecule is NC(=O)c1cc([N+](=O)[O-])cnc1NCC1(c2ccccc2F)CC1. The molecular formula is C16H15FN4O3. The number of anilines is 1. The van der Waals surface area contributed by atoms with Crippen LogP contribution in [0.1, 0.15) is 28.8 Å². The number of benzene rings is 1. The molecule has 1 aromatic heterocycles. The lowest BCUT2D eigenvalue weighted by atomic mass is 9.95. The summed E-state index contributed by atoms with van der Waals surface area (Å²) in [5.41, 5.74) is 5.15. The molecule has 1 aromatic carbocycles. The lowest BCUT2D eigenvalue weighted by molar-refractivity contribution is -0.385. The molecule has 1 aliphatic rings. The fourth-order valence-electron chi connectivity index (χ4n) is 2.72. The van der Waals surface area contributed by atoms with E-state index >= 15 is 0 Å². The summed E-state index contributed by atoms with van der Waals surface area (Å²) in [6.07, 6.45) is 2.66. The van der Waals surface area contributed by atoms with Gasteiger partial charge in [0.2, 0.25) is 0 Å². The molecule has 0 spiro atoms. The molecule has 0 unspecified atom stereocenters. The number of pyridine rings is 1. The molecule has 24 heavy (non-hydrogen) atoms. The molecule has 8 heteroatoms. The minimum absolute atomic E-state index is 0.0615. The average molecular weight is 330 g/mol. The van der Waals surface area contributed by atoms with Crippen LogP contribution in [0, 0.1) is 15.9 Å². The maximum absolute atomic E-state index is 14.0. The summed E-state index contributed by atoms with van der Waals surface area (Å²) in [7, 11) is 0. The van der Waals surface area contributed by atoms with Crippen molar-refractivity contribution in [3.05, 3.63) is 63.6 Å². The van der Waals surface area contributed by atoms with Gasteiger partial charge in [0.15, 0.2) is 0 Å². The second-order valence-electron chi connectivity index (χ2n) is 5.82. The molecule has 3 rings (SSSR count). The molecule has 0 radical (unpaired) electrons. The number of nitrogens with zero attached hydrogens (tertiary/aromatic N) is 2. The Kier molecular flexibility index (Phi) is 3.88. The number of carbonyl (C=O) groups is 1. The van der Waals surface area contributed by atoms with Crippen LogP contribution in [-0.2, 0) is 5.41 Å². The van der Waals surface area contributed by atoms with Crippen molar-refractivity contribution in [2.45, 2.75) is 18.3 Å². The first-order valence-electron chi connectivity index (χ1n) is 7.36. The van der Waals surface area contributed by atoms with Crippen molar-refractivity contribution in [2.75, 3.05) is 11.9 Å². The first-order chi connectivity index (χ1) is 11.4. The number of rotatable bonds is 6. The standard InChI is InChI=1S/C16H15FN4O3/c17-13-4-2-1-3-12(13)16(5-6-16)9-20-15-11(14(18)22)7-10(8-19-15)21(23)24/h1-4,7-8H,5-6,9H2,(H2,18,22)(H,19,20). The van der Waals surface area contributed by atoms with Crippen molar-refractivity contribution in [1.29, 1.82) is 0 Å². The Bertz CT molecular complexity index is 821. The van der Waals surface area contributed by atoms with Crippen LogP contribution in [0.4, 0.5) is 15.9 Å². The zero-order valence-electron chi connectivity index (χ0n) is 12.7. The third kappa shape index (κ3) is 2.90. The number of nitrogens with two attached hydrogens (primary N) is 1. The zero-order valence-corrected chi connectivity index (χ0v) is 12.7. The predicted molar refractivity (Wildman–Crippen MR) is 85.2 cm³/mol. The number of halogens is 1. The van der Waals surface area contributed by atoms with E-state index in [0.29, 0.717) is 12.1 Å². The number of hydrogen-bond donors (Lipinski definition) is 2. The van der Waals surface area contributed by atoms with Crippen LogP contribution < -0.4 is 11.1 Å². The monoisotopic (exact) mass is 330 g/mol. The minimum atomic E-state index is -0.815. The van der Waals surface area contributed by atoms with Gasteiger partial charge in [0, 0.05) is 18.0 Å². The third-order valence-electron chi connectivity index (χ3n) is 4.24. The summed E-state index contributed by atoms with van der Waals surface area (Å²) in [5, 5.41) is 13.8. The Morgan fingerprint density at radius 3 is 2.71 bits per heavy atom. The first kappa shape index (κ1) is 15.9. The maximum atomic E-state index is 14.0. The second kappa shape index (κ2) is 5.88. The number of aromatic nitrogens is 1. The van der Waals surface area contributed by atoms with Gasteiger partial charge in [0.05, 0.1) is 10.5 Å². The molecular weight excluding hydrogens is 315 g/mol. The van der Waals surface area contributed by atoms with Gasteiger partial charge in [0.1, 0.15) is 17.8 Å². The number of amides is 1. The van der Waals surface area contributed by atoms with Crippen LogP contribution in [0.5, 0.6) is 0 Å². The summed E-state index contributed by atoms with van der Waals surface area (Å²) in [6, 6.07) is 7.64. The number of carbonyl (C=O) groups excluding carboxylic acids is 1. The normalized spacial score (nSPS) is 14.9. The lowest BCUT2D eigenvalue weighted by Gasteiger charge is -2.18. The van der Waals surface area contributed by atoms with Gasteiger partial charge in [-0.2, -0.15) is 0 Å². The fourth-order valence-corrected chi connectivity index (χ4v) is 2.72. The van der Waals surface area contributed by atoms with Crippen LogP contribution >= 0.6 is 0 Å². The van der Waals surface area contributed by atoms with Crippen molar-refractivity contribution in [3.8, 4) is 0 Å². The van der Waals surface area contributed by atoms with E-state index in [1.165, 1.54) is 6.07 Å². The largest absolute Gasteiger partial charge is 0.369 e. The van der Waals surface area contributed by atoms with E-state index in [2.05, 4.69) is 10.3 Å². The highest BCUT2D eigenvalue weighted by Gasteiger charge is 2.45. The third-order valence-corrected chi connectivity index (χ3v) is 4.24. The Morgan fingerprint density at radius 1 is 1.42 bits per heavy atom. The molecule has 1 fully saturated rings. The Balaban J connectivity index is 1.83. The van der Waals surface area contributed by atoms with Crippen molar-refractivity contribution in [3.63, 3.8) is 0 Å². The van der Waals surface area contributed by atoms with E-state index in [1.54, 1.807) is 18.2 Å². The topological polar surface area (TPSA) is 111 Å². The molecule has 0 saturated heterocycles. The van der Waals surface area contributed by atoms with Crippen LogP contribution in [-0.4, -0.2) is 22.4 Å². The van der Waals surface area contributed by atoms with Gasteiger partial charge < -0.3 is 11.1 Å². The lowest BCUT2D eigenvalue weighted by Crippen LogP contribution is -2.23. The molecule has 1 amide bonds. The molecule has 3 N–H and O–H groups in total. The number of nitrogens with one attached hydrogen (secondary N) is 1. The van der Waals surface area contributed by atoms with Gasteiger partial charge in [-0.3, -0.25) is 14.9 Å². The Hall–Kier alpha value is -3.03. The smallest absolute Gasteiger partial charge is 0.288 e. The summed E-state index contributed by atoms with van der Waals surface area (Å²) in [5.74, 6) is -0.927. The molecule has 0 aliphatic heterocycles. The highest BCUT2D eigenvalue weighted by atomic mass is 19.1. The van der Waals surface area contributed by atoms with E-state index < -0.39 is 10.8 Å². The molecule has 1 heterocycles. The summed E-state index contributed by atoms with van der Waals surface area (Å²) >= 11 is 0. The maximum Gasteiger partial charge on any atom is 0.288 e. The van der Waals surface area contributed by atoms with Crippen molar-refractivity contribution < 1.29 is 14.1 Å². The first-order valence-corrected chi connectivity index (χ1v) is 7.36. The quantitative estimate of drug-likeness (QED) is 0.624. The molecule has 7 nitrogen and oxygen atoms in total. The minimum Gasteiger partial charge on any atom is -0.369 e. The average Bonchev–Trinajstić information content (AvgIpc) is 3.34. The Morgan fingerprint density at radius 2 is 2.12 bits per heavy atom. The molecule has 1 aliphatic carbocycles. The van der Waals surface area contributed by atoms with Gasteiger partial charge in [-0.15, -0.1) is 0 Å². The molecule has 2 aromatic rings. The molecule has 124 valence electrons. The highest BCUT2D eigenvalue weighted by Crippen LogP contribution is 2.49. The predicted octanol–water partition coefficient (Wildman–Crippen LogP) is 2.37. The van der Waals surface area contributed by atoms with E-state index in [9.17, 15) is 19.3 Å². The molecule has 0 bridgehead atoms. The second-order valence-corrected chi connectivity index (χ2v) is 5.82. The van der Waals surface area contributed by atoms with E-state index in [-0.39, 0.29) is 28.3 Å². The van der Waals surface area contributed by atoms with Gasteiger partial charge in [-0.05, 0) is 24.5 Å². The van der Waals surface area contributed by atoms with Gasteiger partial charge in [-0.25, -0.2) is 9.37 Å². The van der Waals surface area contributed by atoms with Crippen molar-refractivity contribution in [1.82, 2.24) is 4.98 Å². The van der Waals surface area contributed by atoms with Gasteiger partial charge in [-0.1, -0.05) is 18.2 Å².